The molecule has 0 unspecified atom stereocenters. The molecule has 3 aromatic rings. The second-order valence-electron chi connectivity index (χ2n) is 6.84. The summed E-state index contributed by atoms with van der Waals surface area (Å²) in [6, 6.07) is 6.27. The van der Waals surface area contributed by atoms with E-state index in [2.05, 4.69) is 4.98 Å². The second-order valence-corrected chi connectivity index (χ2v) is 6.84. The van der Waals surface area contributed by atoms with E-state index in [1.54, 1.807) is 22.9 Å². The summed E-state index contributed by atoms with van der Waals surface area (Å²) in [7, 11) is 0. The minimum absolute atomic E-state index is 0.0372. The highest BCUT2D eigenvalue weighted by molar-refractivity contribution is 5.45. The fourth-order valence-corrected chi connectivity index (χ4v) is 3.58. The van der Waals surface area contributed by atoms with Crippen LogP contribution in [0.1, 0.15) is 35.8 Å². The van der Waals surface area contributed by atoms with Crippen LogP contribution in [0.25, 0.3) is 5.52 Å². The molecule has 0 N–H and O–H groups in total. The lowest BCUT2D eigenvalue weighted by Gasteiger charge is -2.21. The first-order valence-electron chi connectivity index (χ1n) is 8.93. The third-order valence-corrected chi connectivity index (χ3v) is 5.11. The van der Waals surface area contributed by atoms with Crippen molar-refractivity contribution >= 4 is 11.2 Å². The molecular weight excluding hydrogens is 348 g/mol. The molecule has 3 heterocycles. The van der Waals surface area contributed by atoms with Crippen molar-refractivity contribution in [1.82, 2.24) is 14.0 Å². The summed E-state index contributed by atoms with van der Waals surface area (Å²) in [6.07, 6.45) is 5.40. The summed E-state index contributed by atoms with van der Waals surface area (Å²) in [4.78, 5) is 27.9. The zero-order valence-corrected chi connectivity index (χ0v) is 15.0. The number of non-ortho nitro benzene ring substituents is 1. The zero-order chi connectivity index (χ0) is 19.0. The van der Waals surface area contributed by atoms with Crippen molar-refractivity contribution in [2.75, 3.05) is 13.2 Å². The van der Waals surface area contributed by atoms with E-state index in [9.17, 15) is 14.9 Å². The third-order valence-electron chi connectivity index (χ3n) is 5.11. The fourth-order valence-electron chi connectivity index (χ4n) is 3.58. The smallest absolute Gasteiger partial charge is 0.276 e. The van der Waals surface area contributed by atoms with Gasteiger partial charge in [0.25, 0.3) is 11.2 Å². The summed E-state index contributed by atoms with van der Waals surface area (Å²) in [5, 5.41) is 10.8. The zero-order valence-electron chi connectivity index (χ0n) is 15.0. The minimum Gasteiger partial charge on any atom is -0.381 e. The van der Waals surface area contributed by atoms with E-state index in [4.69, 9.17) is 4.74 Å². The van der Waals surface area contributed by atoms with Gasteiger partial charge in [0.15, 0.2) is 0 Å². The topological polar surface area (TPSA) is 91.7 Å². The number of benzene rings is 1. The van der Waals surface area contributed by atoms with Gasteiger partial charge in [0, 0.05) is 43.2 Å². The van der Waals surface area contributed by atoms with E-state index in [-0.39, 0.29) is 11.2 Å². The number of nitro groups is 1. The highest BCUT2D eigenvalue weighted by Crippen LogP contribution is 2.26. The van der Waals surface area contributed by atoms with E-state index >= 15 is 0 Å². The van der Waals surface area contributed by atoms with E-state index in [0.29, 0.717) is 18.0 Å². The van der Waals surface area contributed by atoms with Crippen molar-refractivity contribution in [3.63, 3.8) is 0 Å². The van der Waals surface area contributed by atoms with Crippen molar-refractivity contribution in [1.29, 1.82) is 0 Å². The molecule has 1 fully saturated rings. The van der Waals surface area contributed by atoms with E-state index in [1.165, 1.54) is 12.1 Å². The molecule has 27 heavy (non-hydrogen) atoms. The van der Waals surface area contributed by atoms with Crippen molar-refractivity contribution in [3.8, 4) is 0 Å². The second kappa shape index (κ2) is 6.96. The highest BCUT2D eigenvalue weighted by atomic mass is 16.6. The molecule has 0 bridgehead atoms. The van der Waals surface area contributed by atoms with Crippen LogP contribution >= 0.6 is 0 Å². The van der Waals surface area contributed by atoms with Gasteiger partial charge in [-0.1, -0.05) is 12.1 Å². The standard InChI is InChI=1S/C19H20N4O4/c1-13-11-22-17(10-20-18(22)15-6-8-27-9-7-15)19(24)21(13)12-14-2-4-16(5-3-14)23(25)26/h2-5,10-11,15H,6-9,12H2,1H3. The molecule has 0 saturated carbocycles. The molecule has 8 heteroatoms. The molecule has 1 saturated heterocycles. The van der Waals surface area contributed by atoms with Crippen LogP contribution in [-0.2, 0) is 11.3 Å². The van der Waals surface area contributed by atoms with Gasteiger partial charge in [0.2, 0.25) is 0 Å². The van der Waals surface area contributed by atoms with Crippen molar-refractivity contribution in [2.45, 2.75) is 32.2 Å². The molecule has 0 amide bonds. The Morgan fingerprint density at radius 1 is 1.26 bits per heavy atom. The molecule has 0 aliphatic carbocycles. The van der Waals surface area contributed by atoms with Gasteiger partial charge in [-0.15, -0.1) is 0 Å². The number of nitro benzene ring substituents is 1. The van der Waals surface area contributed by atoms with Crippen LogP contribution in [0.15, 0.2) is 41.5 Å². The van der Waals surface area contributed by atoms with Gasteiger partial charge < -0.3 is 9.30 Å². The molecule has 2 aromatic heterocycles. The van der Waals surface area contributed by atoms with Crippen molar-refractivity contribution in [3.05, 3.63) is 74.2 Å². The maximum absolute atomic E-state index is 13.0. The average Bonchev–Trinajstić information content (AvgIpc) is 3.10. The Morgan fingerprint density at radius 3 is 2.63 bits per heavy atom. The predicted octanol–water partition coefficient (Wildman–Crippen LogP) is 2.65. The number of aromatic nitrogens is 3. The summed E-state index contributed by atoms with van der Waals surface area (Å²) in [5.41, 5.74) is 2.12. The highest BCUT2D eigenvalue weighted by Gasteiger charge is 2.22. The summed E-state index contributed by atoms with van der Waals surface area (Å²) in [5.74, 6) is 1.21. The lowest BCUT2D eigenvalue weighted by molar-refractivity contribution is -0.384. The van der Waals surface area contributed by atoms with Crippen molar-refractivity contribution in [2.24, 2.45) is 0 Å². The molecule has 1 aliphatic rings. The Hall–Kier alpha value is -3.00. The van der Waals surface area contributed by atoms with Gasteiger partial charge in [-0.05, 0) is 25.3 Å². The van der Waals surface area contributed by atoms with Gasteiger partial charge in [-0.25, -0.2) is 4.98 Å². The number of fused-ring (bicyclic) bond motifs is 1. The average molecular weight is 368 g/mol. The number of imidazole rings is 1. The molecule has 140 valence electrons. The van der Waals surface area contributed by atoms with Crippen LogP contribution in [0.4, 0.5) is 5.69 Å². The van der Waals surface area contributed by atoms with E-state index in [0.717, 1.165) is 43.1 Å². The summed E-state index contributed by atoms with van der Waals surface area (Å²) >= 11 is 0. The predicted molar refractivity (Wildman–Crippen MR) is 99.2 cm³/mol. The Morgan fingerprint density at radius 2 is 1.96 bits per heavy atom. The number of aryl methyl sites for hydroxylation is 1. The molecule has 1 aromatic carbocycles. The number of nitrogens with zero attached hydrogens (tertiary/aromatic N) is 4. The lowest BCUT2D eigenvalue weighted by atomic mass is 10.00. The lowest BCUT2D eigenvalue weighted by Crippen LogP contribution is -2.25. The Bertz CT molecular complexity index is 1050. The number of hydrogen-bond donors (Lipinski definition) is 0. The normalized spacial score (nSPS) is 15.3. The molecule has 0 atom stereocenters. The molecule has 0 spiro atoms. The Labute approximate surface area is 155 Å². The monoisotopic (exact) mass is 368 g/mol. The van der Waals surface area contributed by atoms with Gasteiger partial charge in [0.05, 0.1) is 17.7 Å². The minimum atomic E-state index is -0.433. The fraction of sp³-hybridized carbons (Fsp3) is 0.368. The Kier molecular flexibility index (Phi) is 4.49. The van der Waals surface area contributed by atoms with Crippen LogP contribution in [0.5, 0.6) is 0 Å². The first-order chi connectivity index (χ1) is 13.0. The molecule has 4 rings (SSSR count). The van der Waals surface area contributed by atoms with Crippen LogP contribution in [0.3, 0.4) is 0 Å². The summed E-state index contributed by atoms with van der Waals surface area (Å²) < 4.78 is 9.00. The van der Waals surface area contributed by atoms with Gasteiger partial charge in [-0.3, -0.25) is 19.3 Å². The third kappa shape index (κ3) is 3.23. The Balaban J connectivity index is 1.70. The van der Waals surface area contributed by atoms with Crippen molar-refractivity contribution < 1.29 is 9.66 Å². The number of rotatable bonds is 4. The molecule has 1 aliphatic heterocycles. The molecule has 0 radical (unpaired) electrons. The van der Waals surface area contributed by atoms with E-state index < -0.39 is 4.92 Å². The van der Waals surface area contributed by atoms with Gasteiger partial charge in [-0.2, -0.15) is 0 Å². The summed E-state index contributed by atoms with van der Waals surface area (Å²) in [6.45, 7) is 3.68. The number of hydrogen-bond acceptors (Lipinski definition) is 5. The quantitative estimate of drug-likeness (QED) is 0.521. The van der Waals surface area contributed by atoms with Crippen LogP contribution < -0.4 is 5.56 Å². The first kappa shape index (κ1) is 17.4. The van der Waals surface area contributed by atoms with Crippen LogP contribution in [0.2, 0.25) is 0 Å². The maximum Gasteiger partial charge on any atom is 0.276 e. The first-order valence-corrected chi connectivity index (χ1v) is 8.93. The van der Waals surface area contributed by atoms with Crippen LogP contribution in [0, 0.1) is 17.0 Å². The van der Waals surface area contributed by atoms with E-state index in [1.807, 2.05) is 17.5 Å². The maximum atomic E-state index is 13.0. The van der Waals surface area contributed by atoms with Crippen LogP contribution in [-0.4, -0.2) is 32.1 Å². The van der Waals surface area contributed by atoms with Gasteiger partial charge >= 0.3 is 0 Å². The van der Waals surface area contributed by atoms with Gasteiger partial charge in [0.1, 0.15) is 11.3 Å². The number of ether oxygens (including phenoxy) is 1. The SMILES string of the molecule is Cc1cn2c(C3CCOCC3)ncc2c(=O)n1Cc1ccc([N+](=O)[O-])cc1. The molecule has 8 nitrogen and oxygen atoms in total. The largest absolute Gasteiger partial charge is 0.381 e. The molecular formula is C19H20N4O4.